The van der Waals surface area contributed by atoms with Crippen LogP contribution in [0.4, 0.5) is 0 Å². The predicted molar refractivity (Wildman–Crippen MR) is 61.8 cm³/mol. The van der Waals surface area contributed by atoms with Crippen molar-refractivity contribution in [3.8, 4) is 0 Å². The fourth-order valence-electron chi connectivity index (χ4n) is 0.920. The van der Waals surface area contributed by atoms with Gasteiger partial charge in [0.2, 0.25) is 0 Å². The van der Waals surface area contributed by atoms with Crippen LogP contribution in [0.25, 0.3) is 0 Å². The normalized spacial score (nSPS) is 12.6. The molecule has 0 amide bonds. The van der Waals surface area contributed by atoms with Gasteiger partial charge in [0.1, 0.15) is 0 Å². The van der Waals surface area contributed by atoms with Gasteiger partial charge in [-0.15, -0.1) is 0 Å². The molecule has 0 saturated carbocycles. The SMILES string of the molecule is CCC(C)(C)C(=O)OC[Si](OC)(OC)OC. The van der Waals surface area contributed by atoms with Crippen molar-refractivity contribution in [1.29, 1.82) is 0 Å². The minimum absolute atomic E-state index is 0.0404. The molecule has 0 bridgehead atoms. The molecule has 6 heteroatoms. The zero-order valence-corrected chi connectivity index (χ0v) is 12.0. The van der Waals surface area contributed by atoms with Crippen molar-refractivity contribution in [3.63, 3.8) is 0 Å². The van der Waals surface area contributed by atoms with Crippen molar-refractivity contribution < 1.29 is 22.8 Å². The van der Waals surface area contributed by atoms with E-state index in [0.29, 0.717) is 6.42 Å². The molecule has 96 valence electrons. The van der Waals surface area contributed by atoms with E-state index >= 15 is 0 Å². The second-order valence-corrected chi connectivity index (χ2v) is 6.99. The molecule has 0 atom stereocenters. The Morgan fingerprint density at radius 2 is 1.56 bits per heavy atom. The largest absolute Gasteiger partial charge is 0.539 e. The topological polar surface area (TPSA) is 54.0 Å². The van der Waals surface area contributed by atoms with E-state index in [1.54, 1.807) is 0 Å². The maximum absolute atomic E-state index is 11.7. The number of carbonyl (C=O) groups is 1. The van der Waals surface area contributed by atoms with Crippen LogP contribution in [0.1, 0.15) is 27.2 Å². The van der Waals surface area contributed by atoms with E-state index in [0.717, 1.165) is 0 Å². The molecule has 0 aliphatic rings. The van der Waals surface area contributed by atoms with Gasteiger partial charge in [-0.3, -0.25) is 4.79 Å². The summed E-state index contributed by atoms with van der Waals surface area (Å²) in [6, 6.07) is 0. The van der Waals surface area contributed by atoms with Gasteiger partial charge in [-0.25, -0.2) is 0 Å². The van der Waals surface area contributed by atoms with E-state index in [4.69, 9.17) is 18.0 Å². The van der Waals surface area contributed by atoms with Gasteiger partial charge < -0.3 is 18.0 Å². The van der Waals surface area contributed by atoms with Gasteiger partial charge in [0.25, 0.3) is 0 Å². The molecule has 0 fully saturated rings. The third-order valence-electron chi connectivity index (χ3n) is 2.75. The molecule has 0 heterocycles. The molecule has 5 nitrogen and oxygen atoms in total. The highest BCUT2D eigenvalue weighted by molar-refractivity contribution is 6.60. The Morgan fingerprint density at radius 3 is 1.88 bits per heavy atom. The van der Waals surface area contributed by atoms with Gasteiger partial charge >= 0.3 is 14.8 Å². The minimum Gasteiger partial charge on any atom is -0.461 e. The van der Waals surface area contributed by atoms with E-state index in [9.17, 15) is 4.79 Å². The first kappa shape index (κ1) is 15.6. The number of ether oxygens (including phenoxy) is 1. The number of hydrogen-bond donors (Lipinski definition) is 0. The summed E-state index contributed by atoms with van der Waals surface area (Å²) in [5, 5.41) is 0. The molecular formula is C10H22O5Si. The van der Waals surface area contributed by atoms with E-state index in [1.807, 2.05) is 20.8 Å². The first-order chi connectivity index (χ1) is 7.37. The number of hydrogen-bond acceptors (Lipinski definition) is 5. The molecule has 0 spiro atoms. The Bertz CT molecular complexity index is 217. The maximum Gasteiger partial charge on any atom is 0.539 e. The van der Waals surface area contributed by atoms with E-state index in [-0.39, 0.29) is 12.2 Å². The smallest absolute Gasteiger partial charge is 0.461 e. The van der Waals surface area contributed by atoms with Crippen LogP contribution < -0.4 is 0 Å². The van der Waals surface area contributed by atoms with Gasteiger partial charge in [-0.05, 0) is 20.3 Å². The van der Waals surface area contributed by atoms with Crippen LogP contribution in [-0.2, 0) is 22.8 Å². The van der Waals surface area contributed by atoms with E-state index in [2.05, 4.69) is 0 Å². The zero-order chi connectivity index (χ0) is 12.8. The zero-order valence-electron chi connectivity index (χ0n) is 11.0. The maximum atomic E-state index is 11.7. The standard InChI is InChI=1S/C10H22O5Si/c1-7-10(2,3)9(11)15-8-16(12-4,13-5)14-6/h7-8H2,1-6H3. The molecule has 0 aromatic carbocycles. The molecule has 0 unspecified atom stereocenters. The lowest BCUT2D eigenvalue weighted by atomic mass is 9.91. The summed E-state index contributed by atoms with van der Waals surface area (Å²) in [6.45, 7) is 5.62. The molecule has 16 heavy (non-hydrogen) atoms. The van der Waals surface area contributed by atoms with Crippen LogP contribution in [0, 0.1) is 5.41 Å². The number of esters is 1. The lowest BCUT2D eigenvalue weighted by molar-refractivity contribution is -0.153. The highest BCUT2D eigenvalue weighted by Crippen LogP contribution is 2.22. The summed E-state index contributed by atoms with van der Waals surface area (Å²) in [5.74, 6) is -0.266. The molecule has 0 radical (unpaired) electrons. The Hall–Kier alpha value is -0.433. The summed E-state index contributed by atoms with van der Waals surface area (Å²) in [7, 11) is 1.64. The lowest BCUT2D eigenvalue weighted by Crippen LogP contribution is -2.49. The molecular weight excluding hydrogens is 228 g/mol. The lowest BCUT2D eigenvalue weighted by Gasteiger charge is -2.26. The van der Waals surface area contributed by atoms with Crippen LogP contribution in [-0.4, -0.2) is 42.3 Å². The monoisotopic (exact) mass is 250 g/mol. The first-order valence-corrected chi connectivity index (χ1v) is 7.13. The summed E-state index contributed by atoms with van der Waals surface area (Å²) in [4.78, 5) is 11.7. The van der Waals surface area contributed by atoms with E-state index < -0.39 is 14.2 Å². The number of rotatable bonds is 7. The van der Waals surface area contributed by atoms with Crippen LogP contribution in [0.5, 0.6) is 0 Å². The number of carbonyl (C=O) groups excluding carboxylic acids is 1. The van der Waals surface area contributed by atoms with Crippen molar-refractivity contribution in [2.45, 2.75) is 27.2 Å². The van der Waals surface area contributed by atoms with Gasteiger partial charge in [0.15, 0.2) is 6.23 Å². The van der Waals surface area contributed by atoms with Gasteiger partial charge in [-0.1, -0.05) is 6.92 Å². The van der Waals surface area contributed by atoms with Crippen LogP contribution in [0.3, 0.4) is 0 Å². The first-order valence-electron chi connectivity index (χ1n) is 5.20. The van der Waals surface area contributed by atoms with Crippen LogP contribution >= 0.6 is 0 Å². The average molecular weight is 250 g/mol. The Labute approximate surface area is 98.4 Å². The Balaban J connectivity index is 4.38. The highest BCUT2D eigenvalue weighted by atomic mass is 28.4. The van der Waals surface area contributed by atoms with Gasteiger partial charge in [0, 0.05) is 21.3 Å². The quantitative estimate of drug-likeness (QED) is 0.505. The van der Waals surface area contributed by atoms with E-state index in [1.165, 1.54) is 21.3 Å². The van der Waals surface area contributed by atoms with Gasteiger partial charge in [-0.2, -0.15) is 0 Å². The fourth-order valence-corrected chi connectivity index (χ4v) is 2.08. The highest BCUT2D eigenvalue weighted by Gasteiger charge is 2.41. The van der Waals surface area contributed by atoms with Crippen LogP contribution in [0.15, 0.2) is 0 Å². The van der Waals surface area contributed by atoms with Crippen molar-refractivity contribution in [3.05, 3.63) is 0 Å². The molecule has 0 rings (SSSR count). The summed E-state index contributed by atoms with van der Waals surface area (Å²) in [6.07, 6.45) is 0.756. The average Bonchev–Trinajstić information content (AvgIpc) is 2.31. The minimum atomic E-state index is -2.81. The summed E-state index contributed by atoms with van der Waals surface area (Å²) in [5.41, 5.74) is -0.491. The molecule has 0 saturated heterocycles. The predicted octanol–water partition coefficient (Wildman–Crippen LogP) is 1.38. The molecule has 0 aliphatic heterocycles. The summed E-state index contributed by atoms with van der Waals surface area (Å²) >= 11 is 0. The van der Waals surface area contributed by atoms with Crippen molar-refractivity contribution in [2.75, 3.05) is 27.6 Å². The van der Waals surface area contributed by atoms with Crippen LogP contribution in [0.2, 0.25) is 0 Å². The Morgan fingerprint density at radius 1 is 1.12 bits per heavy atom. The molecule has 0 aliphatic carbocycles. The molecule has 0 N–H and O–H groups in total. The van der Waals surface area contributed by atoms with Crippen molar-refractivity contribution >= 4 is 14.8 Å². The second-order valence-electron chi connectivity index (χ2n) is 4.11. The van der Waals surface area contributed by atoms with Crippen molar-refractivity contribution in [1.82, 2.24) is 0 Å². The summed E-state index contributed by atoms with van der Waals surface area (Å²) < 4.78 is 20.6. The third-order valence-corrected chi connectivity index (χ3v) is 5.11. The van der Waals surface area contributed by atoms with Gasteiger partial charge in [0.05, 0.1) is 5.41 Å². The third kappa shape index (κ3) is 3.86. The Kier molecular flexibility index (Phi) is 6.17. The molecule has 0 aromatic heterocycles. The second kappa shape index (κ2) is 6.34. The molecule has 0 aromatic rings. The van der Waals surface area contributed by atoms with Crippen molar-refractivity contribution in [2.24, 2.45) is 5.41 Å². The fraction of sp³-hybridized carbons (Fsp3) is 0.900.